The maximum atomic E-state index is 11.5. The number of carbonyl (C=O) groups excluding carboxylic acids is 2. The molecule has 0 spiro atoms. The van der Waals surface area contributed by atoms with Crippen LogP contribution < -0.4 is 0 Å². The smallest absolute Gasteiger partial charge is 0.222 e. The summed E-state index contributed by atoms with van der Waals surface area (Å²) in [5.74, 6) is 0.773. The van der Waals surface area contributed by atoms with Crippen molar-refractivity contribution in [3.8, 4) is 0 Å². The monoisotopic (exact) mass is 211 g/mol. The van der Waals surface area contributed by atoms with Gasteiger partial charge in [0.15, 0.2) is 0 Å². The molecule has 0 bridgehead atoms. The zero-order chi connectivity index (χ0) is 11.3. The van der Waals surface area contributed by atoms with E-state index in [-0.39, 0.29) is 11.8 Å². The molecule has 0 saturated carbocycles. The maximum absolute atomic E-state index is 11.5. The minimum absolute atomic E-state index is 0.180. The Balaban J connectivity index is 2.15. The summed E-state index contributed by atoms with van der Waals surface area (Å²) >= 11 is 0. The summed E-state index contributed by atoms with van der Waals surface area (Å²) in [5.41, 5.74) is 0. The number of nitrogens with zero attached hydrogens (tertiary/aromatic N) is 1. The highest BCUT2D eigenvalue weighted by molar-refractivity contribution is 5.81. The molecule has 86 valence electrons. The molecule has 3 heteroatoms. The SMILES string of the molecule is CCC(C)C(=O)CCCN1CCCC1=O. The van der Waals surface area contributed by atoms with Crippen LogP contribution in [0.15, 0.2) is 0 Å². The molecule has 1 saturated heterocycles. The highest BCUT2D eigenvalue weighted by Crippen LogP contribution is 2.12. The number of Topliss-reactive ketones (excluding diaryl/α,β-unsaturated/α-hetero) is 1. The third-order valence-electron chi connectivity index (χ3n) is 3.18. The lowest BCUT2D eigenvalue weighted by Gasteiger charge is -2.15. The van der Waals surface area contributed by atoms with Gasteiger partial charge in [-0.3, -0.25) is 9.59 Å². The molecule has 1 aliphatic heterocycles. The fourth-order valence-corrected chi connectivity index (χ4v) is 1.86. The third-order valence-corrected chi connectivity index (χ3v) is 3.18. The van der Waals surface area contributed by atoms with Gasteiger partial charge >= 0.3 is 0 Å². The van der Waals surface area contributed by atoms with E-state index in [0.717, 1.165) is 32.4 Å². The summed E-state index contributed by atoms with van der Waals surface area (Å²) in [6.45, 7) is 5.66. The molecular weight excluding hydrogens is 190 g/mol. The van der Waals surface area contributed by atoms with Crippen molar-refractivity contribution in [1.82, 2.24) is 4.90 Å². The predicted octanol–water partition coefficient (Wildman–Crippen LogP) is 2.00. The van der Waals surface area contributed by atoms with Gasteiger partial charge < -0.3 is 4.90 Å². The average molecular weight is 211 g/mol. The quantitative estimate of drug-likeness (QED) is 0.674. The molecule has 1 heterocycles. The Bertz CT molecular complexity index is 238. The van der Waals surface area contributed by atoms with Gasteiger partial charge in [-0.1, -0.05) is 13.8 Å². The van der Waals surface area contributed by atoms with E-state index < -0.39 is 0 Å². The average Bonchev–Trinajstić information content (AvgIpc) is 2.63. The minimum atomic E-state index is 0.180. The second-order valence-corrected chi connectivity index (χ2v) is 4.36. The van der Waals surface area contributed by atoms with Crippen LogP contribution in [0.25, 0.3) is 0 Å². The van der Waals surface area contributed by atoms with Crippen molar-refractivity contribution in [3.05, 3.63) is 0 Å². The Morgan fingerprint density at radius 1 is 1.53 bits per heavy atom. The highest BCUT2D eigenvalue weighted by Gasteiger charge is 2.19. The van der Waals surface area contributed by atoms with Gasteiger partial charge in [0, 0.05) is 31.8 Å². The number of hydrogen-bond acceptors (Lipinski definition) is 2. The van der Waals surface area contributed by atoms with Crippen LogP contribution in [-0.2, 0) is 9.59 Å². The minimum Gasteiger partial charge on any atom is -0.343 e. The van der Waals surface area contributed by atoms with Crippen molar-refractivity contribution in [2.45, 2.75) is 46.0 Å². The fourth-order valence-electron chi connectivity index (χ4n) is 1.86. The second kappa shape index (κ2) is 5.89. The maximum Gasteiger partial charge on any atom is 0.222 e. The van der Waals surface area contributed by atoms with Crippen LogP contribution in [0.4, 0.5) is 0 Å². The molecule has 3 nitrogen and oxygen atoms in total. The number of hydrogen-bond donors (Lipinski definition) is 0. The van der Waals surface area contributed by atoms with Crippen LogP contribution in [0.2, 0.25) is 0 Å². The fraction of sp³-hybridized carbons (Fsp3) is 0.833. The van der Waals surface area contributed by atoms with Crippen LogP contribution in [-0.4, -0.2) is 29.7 Å². The first-order valence-corrected chi connectivity index (χ1v) is 5.95. The third kappa shape index (κ3) is 3.65. The lowest BCUT2D eigenvalue weighted by Crippen LogP contribution is -2.26. The Morgan fingerprint density at radius 2 is 2.27 bits per heavy atom. The van der Waals surface area contributed by atoms with Gasteiger partial charge in [0.1, 0.15) is 5.78 Å². The summed E-state index contributed by atoms with van der Waals surface area (Å²) in [6, 6.07) is 0. The van der Waals surface area contributed by atoms with Gasteiger partial charge in [-0.25, -0.2) is 0 Å². The Kier molecular flexibility index (Phi) is 4.79. The van der Waals surface area contributed by atoms with Crippen molar-refractivity contribution >= 4 is 11.7 Å². The van der Waals surface area contributed by atoms with E-state index in [2.05, 4.69) is 0 Å². The van der Waals surface area contributed by atoms with Crippen LogP contribution >= 0.6 is 0 Å². The number of carbonyl (C=O) groups is 2. The Labute approximate surface area is 91.8 Å². The zero-order valence-electron chi connectivity index (χ0n) is 9.79. The van der Waals surface area contributed by atoms with Crippen molar-refractivity contribution < 1.29 is 9.59 Å². The first kappa shape index (κ1) is 12.2. The number of ketones is 1. The lowest BCUT2D eigenvalue weighted by atomic mass is 10.00. The molecule has 0 N–H and O–H groups in total. The topological polar surface area (TPSA) is 37.4 Å². The molecule has 0 aromatic carbocycles. The highest BCUT2D eigenvalue weighted by atomic mass is 16.2. The van der Waals surface area contributed by atoms with Crippen molar-refractivity contribution in [2.75, 3.05) is 13.1 Å². The van der Waals surface area contributed by atoms with Crippen LogP contribution in [0.3, 0.4) is 0 Å². The first-order valence-electron chi connectivity index (χ1n) is 5.95. The molecule has 0 radical (unpaired) electrons. The van der Waals surface area contributed by atoms with E-state index in [1.54, 1.807) is 0 Å². The summed E-state index contributed by atoms with van der Waals surface area (Å²) in [6.07, 6.45) is 4.05. The molecular formula is C12H21NO2. The molecule has 15 heavy (non-hydrogen) atoms. The molecule has 0 aromatic heterocycles. The largest absolute Gasteiger partial charge is 0.343 e. The Hall–Kier alpha value is -0.860. The van der Waals surface area contributed by atoms with Gasteiger partial charge in [-0.2, -0.15) is 0 Å². The predicted molar refractivity (Wildman–Crippen MR) is 59.5 cm³/mol. The van der Waals surface area contributed by atoms with E-state index in [1.807, 2.05) is 18.7 Å². The van der Waals surface area contributed by atoms with E-state index in [4.69, 9.17) is 0 Å². The summed E-state index contributed by atoms with van der Waals surface area (Å²) < 4.78 is 0. The molecule has 1 unspecified atom stereocenters. The number of amides is 1. The number of likely N-dealkylation sites (tertiary alicyclic amines) is 1. The van der Waals surface area contributed by atoms with Crippen molar-refractivity contribution in [3.63, 3.8) is 0 Å². The van der Waals surface area contributed by atoms with E-state index >= 15 is 0 Å². The van der Waals surface area contributed by atoms with E-state index in [0.29, 0.717) is 18.6 Å². The van der Waals surface area contributed by atoms with Gasteiger partial charge in [-0.15, -0.1) is 0 Å². The van der Waals surface area contributed by atoms with Crippen molar-refractivity contribution in [1.29, 1.82) is 0 Å². The van der Waals surface area contributed by atoms with Gasteiger partial charge in [0.25, 0.3) is 0 Å². The molecule has 0 aromatic rings. The van der Waals surface area contributed by atoms with Crippen molar-refractivity contribution in [2.24, 2.45) is 5.92 Å². The van der Waals surface area contributed by atoms with E-state index in [1.165, 1.54) is 0 Å². The van der Waals surface area contributed by atoms with Crippen LogP contribution in [0.1, 0.15) is 46.0 Å². The molecule has 0 aliphatic carbocycles. The van der Waals surface area contributed by atoms with Crippen LogP contribution in [0.5, 0.6) is 0 Å². The Morgan fingerprint density at radius 3 is 2.80 bits per heavy atom. The summed E-state index contributed by atoms with van der Waals surface area (Å²) in [5, 5.41) is 0. The standard InChI is InChI=1S/C12H21NO2/c1-3-10(2)11(14)6-4-8-13-9-5-7-12(13)15/h10H,3-9H2,1-2H3. The summed E-state index contributed by atoms with van der Waals surface area (Å²) in [7, 11) is 0. The van der Waals surface area contributed by atoms with Gasteiger partial charge in [0.05, 0.1) is 0 Å². The summed E-state index contributed by atoms with van der Waals surface area (Å²) in [4.78, 5) is 24.7. The van der Waals surface area contributed by atoms with Gasteiger partial charge in [0.2, 0.25) is 5.91 Å². The van der Waals surface area contributed by atoms with E-state index in [9.17, 15) is 9.59 Å². The molecule has 1 fully saturated rings. The van der Waals surface area contributed by atoms with Gasteiger partial charge in [-0.05, 0) is 19.3 Å². The molecule has 1 atom stereocenters. The first-order chi connectivity index (χ1) is 7.15. The lowest BCUT2D eigenvalue weighted by molar-refractivity contribution is -0.128. The molecule has 1 aliphatic rings. The van der Waals surface area contributed by atoms with Crippen LogP contribution in [0, 0.1) is 5.92 Å². The second-order valence-electron chi connectivity index (χ2n) is 4.36. The molecule has 1 rings (SSSR count). The molecule has 1 amide bonds. The number of rotatable bonds is 6. The normalized spacial score (nSPS) is 18.3. The zero-order valence-corrected chi connectivity index (χ0v) is 9.79.